The van der Waals surface area contributed by atoms with Gasteiger partial charge >= 0.3 is 5.97 Å². The van der Waals surface area contributed by atoms with Crippen molar-refractivity contribution in [3.63, 3.8) is 0 Å². The molecule has 6 heteroatoms. The first-order chi connectivity index (χ1) is 12.6. The molecule has 0 saturated carbocycles. The van der Waals surface area contributed by atoms with Gasteiger partial charge in [0.1, 0.15) is 4.99 Å². The van der Waals surface area contributed by atoms with Crippen molar-refractivity contribution in [1.29, 1.82) is 0 Å². The molecule has 1 aliphatic heterocycles. The molecule has 1 aliphatic rings. The fourth-order valence-electron chi connectivity index (χ4n) is 2.76. The Labute approximate surface area is 158 Å². The van der Waals surface area contributed by atoms with Gasteiger partial charge in [-0.2, -0.15) is 0 Å². The van der Waals surface area contributed by atoms with Crippen LogP contribution in [0.3, 0.4) is 0 Å². The summed E-state index contributed by atoms with van der Waals surface area (Å²) in [5.41, 5.74) is 2.35. The van der Waals surface area contributed by atoms with Gasteiger partial charge in [0.2, 0.25) is 0 Å². The van der Waals surface area contributed by atoms with E-state index in [1.54, 1.807) is 31.4 Å². The summed E-state index contributed by atoms with van der Waals surface area (Å²) < 4.78 is 16.3. The van der Waals surface area contributed by atoms with Crippen molar-refractivity contribution >= 4 is 23.2 Å². The molecular formula is C20H21NO4S. The Morgan fingerprint density at radius 1 is 1.08 bits per heavy atom. The number of ether oxygens (including phenoxy) is 3. The van der Waals surface area contributed by atoms with E-state index in [1.165, 1.54) is 0 Å². The van der Waals surface area contributed by atoms with Gasteiger partial charge in [-0.3, -0.25) is 0 Å². The van der Waals surface area contributed by atoms with Crippen LogP contribution in [0.5, 0.6) is 11.5 Å². The van der Waals surface area contributed by atoms with Crippen LogP contribution in [0, 0.1) is 6.92 Å². The third kappa shape index (κ3) is 4.20. The SMILES string of the molecule is COc1cc(C(=S)N2CCOCC2)ccc1OC(=O)c1cccc(C)c1. The molecule has 3 rings (SSSR count). The van der Waals surface area contributed by atoms with E-state index in [4.69, 9.17) is 26.4 Å². The number of hydrogen-bond acceptors (Lipinski definition) is 5. The minimum absolute atomic E-state index is 0.368. The number of carbonyl (C=O) groups excluding carboxylic acids is 1. The second-order valence-electron chi connectivity index (χ2n) is 6.03. The molecule has 26 heavy (non-hydrogen) atoms. The van der Waals surface area contributed by atoms with E-state index in [1.807, 2.05) is 25.1 Å². The summed E-state index contributed by atoms with van der Waals surface area (Å²) in [7, 11) is 1.54. The summed E-state index contributed by atoms with van der Waals surface area (Å²) in [5.74, 6) is 0.419. The first-order valence-electron chi connectivity index (χ1n) is 8.42. The molecule has 0 amide bonds. The summed E-state index contributed by atoms with van der Waals surface area (Å²) in [4.78, 5) is 15.2. The number of methoxy groups -OCH3 is 1. The first kappa shape index (κ1) is 18.4. The first-order valence-corrected chi connectivity index (χ1v) is 8.83. The van der Waals surface area contributed by atoms with Crippen molar-refractivity contribution in [2.24, 2.45) is 0 Å². The second-order valence-corrected chi connectivity index (χ2v) is 6.42. The van der Waals surface area contributed by atoms with E-state index < -0.39 is 5.97 Å². The molecule has 0 atom stereocenters. The molecule has 136 valence electrons. The fourth-order valence-corrected chi connectivity index (χ4v) is 3.07. The summed E-state index contributed by atoms with van der Waals surface area (Å²) in [6.45, 7) is 4.81. The van der Waals surface area contributed by atoms with Crippen molar-refractivity contribution in [2.75, 3.05) is 33.4 Å². The highest BCUT2D eigenvalue weighted by molar-refractivity contribution is 7.80. The molecular weight excluding hydrogens is 350 g/mol. The van der Waals surface area contributed by atoms with E-state index in [0.29, 0.717) is 30.3 Å². The molecule has 5 nitrogen and oxygen atoms in total. The Morgan fingerprint density at radius 2 is 1.85 bits per heavy atom. The Morgan fingerprint density at radius 3 is 2.54 bits per heavy atom. The summed E-state index contributed by atoms with van der Waals surface area (Å²) in [6.07, 6.45) is 0. The standard InChI is InChI=1S/C20H21NO4S/c1-14-4-3-5-16(12-14)20(22)25-17-7-6-15(13-18(17)23-2)19(26)21-8-10-24-11-9-21/h3-7,12-13H,8-11H2,1-2H3. The van der Waals surface area contributed by atoms with Gasteiger partial charge in [0.25, 0.3) is 0 Å². The van der Waals surface area contributed by atoms with Crippen molar-refractivity contribution in [1.82, 2.24) is 4.90 Å². The predicted octanol–water partition coefficient (Wildman–Crippen LogP) is 3.23. The monoisotopic (exact) mass is 371 g/mol. The minimum atomic E-state index is -0.421. The number of hydrogen-bond donors (Lipinski definition) is 0. The number of carbonyl (C=O) groups is 1. The molecule has 0 bridgehead atoms. The van der Waals surface area contributed by atoms with Crippen LogP contribution in [0.2, 0.25) is 0 Å². The molecule has 0 aromatic heterocycles. The fraction of sp³-hybridized carbons (Fsp3) is 0.300. The van der Waals surface area contributed by atoms with Crippen molar-refractivity contribution in [3.05, 3.63) is 59.2 Å². The third-order valence-corrected chi connectivity index (χ3v) is 4.66. The van der Waals surface area contributed by atoms with E-state index >= 15 is 0 Å². The summed E-state index contributed by atoms with van der Waals surface area (Å²) >= 11 is 5.58. The van der Waals surface area contributed by atoms with Crippen molar-refractivity contribution in [3.8, 4) is 11.5 Å². The number of morpholine rings is 1. The van der Waals surface area contributed by atoms with Gasteiger partial charge in [0.05, 0.1) is 25.9 Å². The number of nitrogens with zero attached hydrogens (tertiary/aromatic N) is 1. The van der Waals surface area contributed by atoms with E-state index in [0.717, 1.165) is 29.2 Å². The lowest BCUT2D eigenvalue weighted by Crippen LogP contribution is -2.40. The van der Waals surface area contributed by atoms with Crippen LogP contribution >= 0.6 is 12.2 Å². The summed E-state index contributed by atoms with van der Waals surface area (Å²) in [5, 5.41) is 0. The molecule has 2 aromatic carbocycles. The topological polar surface area (TPSA) is 48.0 Å². The smallest absolute Gasteiger partial charge is 0.343 e. The lowest BCUT2D eigenvalue weighted by atomic mass is 10.1. The molecule has 1 fully saturated rings. The van der Waals surface area contributed by atoms with Gasteiger partial charge in [-0.05, 0) is 37.3 Å². The zero-order valence-corrected chi connectivity index (χ0v) is 15.7. The predicted molar refractivity (Wildman–Crippen MR) is 103 cm³/mol. The number of rotatable bonds is 4. The Hall–Kier alpha value is -2.44. The minimum Gasteiger partial charge on any atom is -0.493 e. The number of thiocarbonyl (C=S) groups is 1. The van der Waals surface area contributed by atoms with Crippen LogP contribution in [0.1, 0.15) is 21.5 Å². The Kier molecular flexibility index (Phi) is 5.85. The van der Waals surface area contributed by atoms with Crippen molar-refractivity contribution in [2.45, 2.75) is 6.92 Å². The van der Waals surface area contributed by atoms with Gasteiger partial charge in [-0.25, -0.2) is 4.79 Å². The molecule has 0 unspecified atom stereocenters. The van der Waals surface area contributed by atoms with Gasteiger partial charge in [0, 0.05) is 18.7 Å². The van der Waals surface area contributed by atoms with Gasteiger partial charge in [0.15, 0.2) is 11.5 Å². The molecule has 0 spiro atoms. The lowest BCUT2D eigenvalue weighted by molar-refractivity contribution is 0.0692. The van der Waals surface area contributed by atoms with Crippen molar-refractivity contribution < 1.29 is 19.0 Å². The van der Waals surface area contributed by atoms with Gasteiger partial charge < -0.3 is 19.1 Å². The number of aryl methyl sites for hydroxylation is 1. The third-order valence-electron chi connectivity index (χ3n) is 4.17. The van der Waals surface area contributed by atoms with Crippen LogP contribution in [0.25, 0.3) is 0 Å². The maximum Gasteiger partial charge on any atom is 0.343 e. The molecule has 0 aliphatic carbocycles. The maximum absolute atomic E-state index is 12.4. The highest BCUT2D eigenvalue weighted by Crippen LogP contribution is 2.29. The van der Waals surface area contributed by atoms with Gasteiger partial charge in [-0.1, -0.05) is 29.9 Å². The van der Waals surface area contributed by atoms with Crippen LogP contribution in [0.4, 0.5) is 0 Å². The second kappa shape index (κ2) is 8.29. The quantitative estimate of drug-likeness (QED) is 0.467. The Bertz CT molecular complexity index is 815. The van der Waals surface area contributed by atoms with Crippen LogP contribution in [0.15, 0.2) is 42.5 Å². The normalized spacial score (nSPS) is 14.0. The van der Waals surface area contributed by atoms with Crippen LogP contribution in [-0.4, -0.2) is 49.3 Å². The Balaban J connectivity index is 1.78. The molecule has 1 heterocycles. The van der Waals surface area contributed by atoms with Gasteiger partial charge in [-0.15, -0.1) is 0 Å². The molecule has 0 N–H and O–H groups in total. The van der Waals surface area contributed by atoms with E-state index in [9.17, 15) is 4.79 Å². The maximum atomic E-state index is 12.4. The number of benzene rings is 2. The van der Waals surface area contributed by atoms with Crippen LogP contribution in [-0.2, 0) is 4.74 Å². The molecule has 1 saturated heterocycles. The number of esters is 1. The zero-order chi connectivity index (χ0) is 18.5. The average molecular weight is 371 g/mol. The lowest BCUT2D eigenvalue weighted by Gasteiger charge is -2.29. The average Bonchev–Trinajstić information content (AvgIpc) is 2.68. The van der Waals surface area contributed by atoms with Crippen LogP contribution < -0.4 is 9.47 Å². The molecule has 2 aromatic rings. The van der Waals surface area contributed by atoms with E-state index in [-0.39, 0.29) is 0 Å². The highest BCUT2D eigenvalue weighted by Gasteiger charge is 2.18. The summed E-state index contributed by atoms with van der Waals surface area (Å²) in [6, 6.07) is 12.6. The molecule has 0 radical (unpaired) electrons. The zero-order valence-electron chi connectivity index (χ0n) is 14.9. The largest absolute Gasteiger partial charge is 0.493 e. The van der Waals surface area contributed by atoms with E-state index in [2.05, 4.69) is 4.90 Å². The highest BCUT2D eigenvalue weighted by atomic mass is 32.1.